The van der Waals surface area contributed by atoms with E-state index in [-0.39, 0.29) is 0 Å². The molecular formula is C9H16N2O. The van der Waals surface area contributed by atoms with Gasteiger partial charge in [0.05, 0.1) is 13.2 Å². The Bertz CT molecular complexity index is 199. The van der Waals surface area contributed by atoms with E-state index in [0.717, 1.165) is 6.67 Å². The highest BCUT2D eigenvalue weighted by Crippen LogP contribution is 2.29. The van der Waals surface area contributed by atoms with Crippen LogP contribution in [0.3, 0.4) is 0 Å². The number of rotatable bonds is 2. The van der Waals surface area contributed by atoms with Crippen molar-refractivity contribution in [3.05, 3.63) is 0 Å². The number of hydrogen-bond acceptors (Lipinski definition) is 2. The van der Waals surface area contributed by atoms with Crippen LogP contribution in [0.1, 0.15) is 26.7 Å². The van der Waals surface area contributed by atoms with Crippen LogP contribution < -0.4 is 0 Å². The van der Waals surface area contributed by atoms with Crippen LogP contribution >= 0.6 is 0 Å². The van der Waals surface area contributed by atoms with E-state index in [9.17, 15) is 4.79 Å². The Morgan fingerprint density at radius 1 is 1.42 bits per heavy atom. The zero-order valence-corrected chi connectivity index (χ0v) is 7.79. The van der Waals surface area contributed by atoms with Gasteiger partial charge in [-0.3, -0.25) is 9.69 Å². The van der Waals surface area contributed by atoms with E-state index in [0.29, 0.717) is 24.5 Å². The molecule has 1 amide bonds. The van der Waals surface area contributed by atoms with Gasteiger partial charge in [-0.1, -0.05) is 0 Å². The first kappa shape index (κ1) is 8.05. The third-order valence-electron chi connectivity index (χ3n) is 2.71. The fraction of sp³-hybridized carbons (Fsp3) is 0.889. The fourth-order valence-corrected chi connectivity index (χ4v) is 1.64. The molecule has 0 bridgehead atoms. The number of nitrogens with zero attached hydrogens (tertiary/aromatic N) is 2. The number of carbonyl (C=O) groups excluding carboxylic acids is 1. The summed E-state index contributed by atoms with van der Waals surface area (Å²) in [5.41, 5.74) is 0. The molecule has 1 saturated carbocycles. The monoisotopic (exact) mass is 168 g/mol. The van der Waals surface area contributed by atoms with Crippen molar-refractivity contribution in [2.24, 2.45) is 0 Å². The highest BCUT2D eigenvalue weighted by Gasteiger charge is 2.38. The fourth-order valence-electron chi connectivity index (χ4n) is 1.64. The Kier molecular flexibility index (Phi) is 1.83. The van der Waals surface area contributed by atoms with Gasteiger partial charge in [-0.2, -0.15) is 0 Å². The molecule has 2 aliphatic rings. The van der Waals surface area contributed by atoms with E-state index in [1.54, 1.807) is 0 Å². The van der Waals surface area contributed by atoms with Gasteiger partial charge in [0.25, 0.3) is 0 Å². The average molecular weight is 168 g/mol. The lowest BCUT2D eigenvalue weighted by molar-refractivity contribution is -0.127. The van der Waals surface area contributed by atoms with Crippen molar-refractivity contribution in [2.45, 2.75) is 38.8 Å². The van der Waals surface area contributed by atoms with E-state index < -0.39 is 0 Å². The van der Waals surface area contributed by atoms with Crippen LogP contribution in [0.25, 0.3) is 0 Å². The van der Waals surface area contributed by atoms with E-state index in [2.05, 4.69) is 18.7 Å². The van der Waals surface area contributed by atoms with E-state index in [1.165, 1.54) is 12.8 Å². The van der Waals surface area contributed by atoms with Gasteiger partial charge in [0.1, 0.15) is 0 Å². The maximum absolute atomic E-state index is 11.5. The SMILES string of the molecule is CC(C)N1CC(=O)N(C2CC2)C1. The maximum Gasteiger partial charge on any atom is 0.238 e. The third kappa shape index (κ3) is 1.33. The first-order valence-electron chi connectivity index (χ1n) is 4.72. The van der Waals surface area contributed by atoms with Crippen LogP contribution in [0.2, 0.25) is 0 Å². The van der Waals surface area contributed by atoms with Crippen LogP contribution in [0.5, 0.6) is 0 Å². The summed E-state index contributed by atoms with van der Waals surface area (Å²) < 4.78 is 0. The Morgan fingerprint density at radius 3 is 2.50 bits per heavy atom. The lowest BCUT2D eigenvalue weighted by atomic mass is 10.3. The van der Waals surface area contributed by atoms with Gasteiger partial charge >= 0.3 is 0 Å². The molecule has 1 heterocycles. The molecule has 0 radical (unpaired) electrons. The van der Waals surface area contributed by atoms with Gasteiger partial charge < -0.3 is 4.90 Å². The molecule has 3 nitrogen and oxygen atoms in total. The predicted molar refractivity (Wildman–Crippen MR) is 46.6 cm³/mol. The van der Waals surface area contributed by atoms with Gasteiger partial charge in [0.2, 0.25) is 5.91 Å². The molecule has 1 aliphatic heterocycles. The largest absolute Gasteiger partial charge is 0.326 e. The summed E-state index contributed by atoms with van der Waals surface area (Å²) in [4.78, 5) is 15.7. The maximum atomic E-state index is 11.5. The Labute approximate surface area is 73.3 Å². The van der Waals surface area contributed by atoms with Crippen LogP contribution in [0.4, 0.5) is 0 Å². The molecule has 68 valence electrons. The molecule has 0 aromatic carbocycles. The summed E-state index contributed by atoms with van der Waals surface area (Å²) in [6, 6.07) is 1.08. The predicted octanol–water partition coefficient (Wildman–Crippen LogP) is 0.659. The Balaban J connectivity index is 1.97. The van der Waals surface area contributed by atoms with Crippen molar-refractivity contribution < 1.29 is 4.79 Å². The molecule has 2 fully saturated rings. The molecule has 12 heavy (non-hydrogen) atoms. The normalized spacial score (nSPS) is 25.9. The molecule has 0 unspecified atom stereocenters. The van der Waals surface area contributed by atoms with Crippen LogP contribution in [-0.4, -0.2) is 41.0 Å². The molecule has 3 heteroatoms. The van der Waals surface area contributed by atoms with Crippen molar-refractivity contribution in [2.75, 3.05) is 13.2 Å². The summed E-state index contributed by atoms with van der Waals surface area (Å²) in [7, 11) is 0. The van der Waals surface area contributed by atoms with Gasteiger partial charge in [0, 0.05) is 12.1 Å². The highest BCUT2D eigenvalue weighted by atomic mass is 16.2. The molecule has 0 aromatic rings. The summed E-state index contributed by atoms with van der Waals surface area (Å²) >= 11 is 0. The highest BCUT2D eigenvalue weighted by molar-refractivity contribution is 5.80. The van der Waals surface area contributed by atoms with Crippen LogP contribution in [-0.2, 0) is 4.79 Å². The second kappa shape index (κ2) is 2.73. The molecule has 0 atom stereocenters. The van der Waals surface area contributed by atoms with Crippen molar-refractivity contribution >= 4 is 5.91 Å². The molecule has 0 N–H and O–H groups in total. The van der Waals surface area contributed by atoms with E-state index in [4.69, 9.17) is 0 Å². The Morgan fingerprint density at radius 2 is 2.08 bits per heavy atom. The van der Waals surface area contributed by atoms with E-state index >= 15 is 0 Å². The van der Waals surface area contributed by atoms with Gasteiger partial charge in [0.15, 0.2) is 0 Å². The first-order chi connectivity index (χ1) is 5.68. The molecule has 0 aromatic heterocycles. The smallest absolute Gasteiger partial charge is 0.238 e. The van der Waals surface area contributed by atoms with Crippen molar-refractivity contribution in [1.82, 2.24) is 9.80 Å². The van der Waals surface area contributed by atoms with Gasteiger partial charge in [-0.05, 0) is 26.7 Å². The first-order valence-corrected chi connectivity index (χ1v) is 4.72. The topological polar surface area (TPSA) is 23.6 Å². The Hall–Kier alpha value is -0.570. The molecular weight excluding hydrogens is 152 g/mol. The lowest BCUT2D eigenvalue weighted by Gasteiger charge is -2.20. The summed E-state index contributed by atoms with van der Waals surface area (Å²) in [6.45, 7) is 5.78. The zero-order chi connectivity index (χ0) is 8.72. The molecule has 0 spiro atoms. The van der Waals surface area contributed by atoms with Crippen LogP contribution in [0.15, 0.2) is 0 Å². The second-order valence-electron chi connectivity index (χ2n) is 4.08. The summed E-state index contributed by atoms with van der Waals surface area (Å²) in [5, 5.41) is 0. The standard InChI is InChI=1S/C9H16N2O/c1-7(2)10-5-9(12)11(6-10)8-3-4-8/h7-8H,3-6H2,1-2H3. The quantitative estimate of drug-likeness (QED) is 0.604. The second-order valence-corrected chi connectivity index (χ2v) is 4.08. The molecule has 2 rings (SSSR count). The van der Waals surface area contributed by atoms with Crippen molar-refractivity contribution in [3.8, 4) is 0 Å². The minimum atomic E-state index is 0.325. The molecule has 1 saturated heterocycles. The van der Waals surface area contributed by atoms with Gasteiger partial charge in [-0.15, -0.1) is 0 Å². The summed E-state index contributed by atoms with van der Waals surface area (Å²) in [5.74, 6) is 0.325. The average Bonchev–Trinajstić information content (AvgIpc) is 2.75. The number of carbonyl (C=O) groups is 1. The minimum Gasteiger partial charge on any atom is -0.326 e. The molecule has 1 aliphatic carbocycles. The lowest BCUT2D eigenvalue weighted by Crippen LogP contribution is -2.32. The van der Waals surface area contributed by atoms with Crippen molar-refractivity contribution in [3.63, 3.8) is 0 Å². The van der Waals surface area contributed by atoms with Gasteiger partial charge in [-0.25, -0.2) is 0 Å². The number of hydrogen-bond donors (Lipinski definition) is 0. The zero-order valence-electron chi connectivity index (χ0n) is 7.79. The number of amides is 1. The minimum absolute atomic E-state index is 0.325. The van der Waals surface area contributed by atoms with E-state index in [1.807, 2.05) is 4.90 Å². The van der Waals surface area contributed by atoms with Crippen LogP contribution in [0, 0.1) is 0 Å². The van der Waals surface area contributed by atoms with Crippen molar-refractivity contribution in [1.29, 1.82) is 0 Å². The third-order valence-corrected chi connectivity index (χ3v) is 2.71. The summed E-state index contributed by atoms with van der Waals surface area (Å²) in [6.07, 6.45) is 2.44.